The molecule has 2 aromatic carbocycles. The summed E-state index contributed by atoms with van der Waals surface area (Å²) in [4.78, 5) is 31.1. The largest absolute Gasteiger partial charge is 0.326 e. The number of aromatic amines is 1. The van der Waals surface area contributed by atoms with E-state index in [0.717, 1.165) is 16.1 Å². The van der Waals surface area contributed by atoms with Gasteiger partial charge in [-0.1, -0.05) is 0 Å². The number of hydrogen-bond acceptors (Lipinski definition) is 4. The van der Waals surface area contributed by atoms with Gasteiger partial charge in [0.05, 0.1) is 11.0 Å². The number of thiazole rings is 1. The fourth-order valence-electron chi connectivity index (χ4n) is 2.64. The lowest BCUT2D eigenvalue weighted by Crippen LogP contribution is -2.12. The summed E-state index contributed by atoms with van der Waals surface area (Å²) in [5, 5.41) is 5.73. The summed E-state index contributed by atoms with van der Waals surface area (Å²) in [6, 6.07) is 12.7. The van der Waals surface area contributed by atoms with E-state index in [1.165, 1.54) is 4.57 Å². The minimum Gasteiger partial charge on any atom is -0.322 e. The van der Waals surface area contributed by atoms with Crippen LogP contribution < -0.4 is 11.0 Å². The molecule has 0 saturated carbocycles. The van der Waals surface area contributed by atoms with E-state index in [0.29, 0.717) is 16.8 Å². The van der Waals surface area contributed by atoms with Crippen LogP contribution in [0.2, 0.25) is 0 Å². The van der Waals surface area contributed by atoms with Crippen molar-refractivity contribution in [2.45, 2.75) is 0 Å². The van der Waals surface area contributed by atoms with Crippen LogP contribution in [0, 0.1) is 0 Å². The molecule has 124 valence electrons. The summed E-state index contributed by atoms with van der Waals surface area (Å²) in [5.74, 6) is -0.228. The van der Waals surface area contributed by atoms with Crippen LogP contribution in [0.5, 0.6) is 0 Å². The molecule has 0 saturated heterocycles. The SMILES string of the molecule is Cn1c(=O)[nH]c2cc(C(=O)Nc3ccc(-c4nccs4)cc3)ccc21. The van der Waals surface area contributed by atoms with Crippen molar-refractivity contribution >= 4 is 34.0 Å². The summed E-state index contributed by atoms with van der Waals surface area (Å²) in [7, 11) is 1.69. The summed E-state index contributed by atoms with van der Waals surface area (Å²) >= 11 is 1.57. The van der Waals surface area contributed by atoms with Gasteiger partial charge in [0, 0.05) is 35.4 Å². The normalized spacial score (nSPS) is 10.9. The van der Waals surface area contributed by atoms with E-state index in [1.807, 2.05) is 29.6 Å². The molecule has 0 radical (unpaired) electrons. The first-order valence-corrected chi connectivity index (χ1v) is 8.50. The number of nitrogens with one attached hydrogen (secondary N) is 2. The lowest BCUT2D eigenvalue weighted by Gasteiger charge is -2.06. The molecule has 4 rings (SSSR count). The number of H-pyrrole nitrogens is 1. The summed E-state index contributed by atoms with van der Waals surface area (Å²) in [5.41, 5.74) is 3.39. The second kappa shape index (κ2) is 6.03. The van der Waals surface area contributed by atoms with Gasteiger partial charge in [-0.25, -0.2) is 9.78 Å². The Kier molecular flexibility index (Phi) is 3.70. The quantitative estimate of drug-likeness (QED) is 0.595. The average Bonchev–Trinajstić information content (AvgIpc) is 3.24. The number of fused-ring (bicyclic) bond motifs is 1. The van der Waals surface area contributed by atoms with Crippen LogP contribution >= 0.6 is 11.3 Å². The number of hydrogen-bond donors (Lipinski definition) is 2. The van der Waals surface area contributed by atoms with Crippen LogP contribution in [-0.2, 0) is 7.05 Å². The molecule has 25 heavy (non-hydrogen) atoms. The van der Waals surface area contributed by atoms with Gasteiger partial charge in [-0.15, -0.1) is 11.3 Å². The first kappa shape index (κ1) is 15.3. The second-order valence-corrected chi connectivity index (χ2v) is 6.48. The Morgan fingerprint density at radius 1 is 1.20 bits per heavy atom. The third-order valence-corrected chi connectivity index (χ3v) is 4.81. The number of aryl methyl sites for hydroxylation is 1. The minimum absolute atomic E-state index is 0.203. The predicted octanol–water partition coefficient (Wildman–Crippen LogP) is 3.24. The zero-order chi connectivity index (χ0) is 17.4. The highest BCUT2D eigenvalue weighted by Crippen LogP contribution is 2.23. The highest BCUT2D eigenvalue weighted by atomic mass is 32.1. The third-order valence-electron chi connectivity index (χ3n) is 3.99. The maximum Gasteiger partial charge on any atom is 0.326 e. The maximum absolute atomic E-state index is 12.4. The van der Waals surface area contributed by atoms with Crippen LogP contribution in [0.3, 0.4) is 0 Å². The first-order valence-electron chi connectivity index (χ1n) is 7.62. The average molecular weight is 350 g/mol. The van der Waals surface area contributed by atoms with Gasteiger partial charge in [0.15, 0.2) is 0 Å². The number of carbonyl (C=O) groups excluding carboxylic acids is 1. The Morgan fingerprint density at radius 3 is 2.72 bits per heavy atom. The molecule has 0 fully saturated rings. The van der Waals surface area contributed by atoms with E-state index in [4.69, 9.17) is 0 Å². The lowest BCUT2D eigenvalue weighted by atomic mass is 10.1. The molecule has 0 bridgehead atoms. The number of imidazole rings is 1. The molecule has 0 spiro atoms. The molecule has 4 aromatic rings. The monoisotopic (exact) mass is 350 g/mol. The van der Waals surface area contributed by atoms with E-state index < -0.39 is 0 Å². The van der Waals surface area contributed by atoms with E-state index >= 15 is 0 Å². The van der Waals surface area contributed by atoms with Crippen LogP contribution in [0.4, 0.5) is 5.69 Å². The van der Waals surface area contributed by atoms with Crippen molar-refractivity contribution in [3.05, 3.63) is 70.1 Å². The van der Waals surface area contributed by atoms with Crippen LogP contribution in [0.15, 0.2) is 58.8 Å². The Hall–Kier alpha value is -3.19. The number of amides is 1. The van der Waals surface area contributed by atoms with Crippen molar-refractivity contribution in [1.82, 2.24) is 14.5 Å². The number of benzene rings is 2. The Bertz CT molecular complexity index is 1110. The maximum atomic E-state index is 12.4. The summed E-state index contributed by atoms with van der Waals surface area (Å²) < 4.78 is 1.51. The van der Waals surface area contributed by atoms with Crippen molar-refractivity contribution in [1.29, 1.82) is 0 Å². The highest BCUT2D eigenvalue weighted by molar-refractivity contribution is 7.13. The van der Waals surface area contributed by atoms with E-state index in [-0.39, 0.29) is 11.6 Å². The number of carbonyl (C=O) groups is 1. The van der Waals surface area contributed by atoms with E-state index in [1.54, 1.807) is 42.8 Å². The molecule has 2 N–H and O–H groups in total. The number of nitrogens with zero attached hydrogens (tertiary/aromatic N) is 2. The number of anilines is 1. The highest BCUT2D eigenvalue weighted by Gasteiger charge is 2.10. The van der Waals surface area contributed by atoms with Gasteiger partial charge in [-0.2, -0.15) is 0 Å². The summed E-state index contributed by atoms with van der Waals surface area (Å²) in [6.45, 7) is 0. The first-order chi connectivity index (χ1) is 12.1. The molecule has 0 aliphatic carbocycles. The molecule has 0 aliphatic heterocycles. The molecule has 0 unspecified atom stereocenters. The fourth-order valence-corrected chi connectivity index (χ4v) is 3.29. The fraction of sp³-hybridized carbons (Fsp3) is 0.0556. The molecule has 1 amide bonds. The molecular formula is C18H14N4O2S. The molecule has 2 heterocycles. The Labute approximate surface area is 146 Å². The molecular weight excluding hydrogens is 336 g/mol. The molecule has 7 heteroatoms. The van der Waals surface area contributed by atoms with Crippen LogP contribution in [0.25, 0.3) is 21.6 Å². The van der Waals surface area contributed by atoms with E-state index in [9.17, 15) is 9.59 Å². The van der Waals surface area contributed by atoms with Gasteiger partial charge in [-0.3, -0.25) is 9.36 Å². The molecule has 0 aliphatic rings. The Balaban J connectivity index is 1.56. The van der Waals surface area contributed by atoms with Gasteiger partial charge in [0.1, 0.15) is 5.01 Å². The van der Waals surface area contributed by atoms with Crippen molar-refractivity contribution in [3.8, 4) is 10.6 Å². The van der Waals surface area contributed by atoms with Gasteiger partial charge in [0.25, 0.3) is 5.91 Å². The smallest absolute Gasteiger partial charge is 0.322 e. The van der Waals surface area contributed by atoms with Gasteiger partial charge >= 0.3 is 5.69 Å². The Morgan fingerprint density at radius 2 is 2.00 bits per heavy atom. The van der Waals surface area contributed by atoms with Gasteiger partial charge in [-0.05, 0) is 42.5 Å². The van der Waals surface area contributed by atoms with Crippen molar-refractivity contribution in [2.75, 3.05) is 5.32 Å². The summed E-state index contributed by atoms with van der Waals surface area (Å²) in [6.07, 6.45) is 1.76. The molecule has 6 nitrogen and oxygen atoms in total. The van der Waals surface area contributed by atoms with Crippen molar-refractivity contribution in [3.63, 3.8) is 0 Å². The standard InChI is InChI=1S/C18H14N4O2S/c1-22-15-7-4-12(10-14(15)21-18(22)24)16(23)20-13-5-2-11(3-6-13)17-19-8-9-25-17/h2-10H,1H3,(H,20,23)(H,21,24). The third kappa shape index (κ3) is 2.85. The van der Waals surface area contributed by atoms with Crippen molar-refractivity contribution in [2.24, 2.45) is 7.05 Å². The number of aromatic nitrogens is 3. The molecule has 2 aromatic heterocycles. The second-order valence-electron chi connectivity index (χ2n) is 5.59. The topological polar surface area (TPSA) is 79.8 Å². The predicted molar refractivity (Wildman–Crippen MR) is 99.0 cm³/mol. The lowest BCUT2D eigenvalue weighted by molar-refractivity contribution is 0.102. The molecule has 0 atom stereocenters. The van der Waals surface area contributed by atoms with Crippen molar-refractivity contribution < 1.29 is 4.79 Å². The van der Waals surface area contributed by atoms with Gasteiger partial charge in [0.2, 0.25) is 0 Å². The van der Waals surface area contributed by atoms with Crippen LogP contribution in [0.1, 0.15) is 10.4 Å². The zero-order valence-electron chi connectivity index (χ0n) is 13.3. The van der Waals surface area contributed by atoms with Gasteiger partial charge < -0.3 is 10.3 Å². The number of rotatable bonds is 3. The zero-order valence-corrected chi connectivity index (χ0v) is 14.1. The van der Waals surface area contributed by atoms with Crippen LogP contribution in [-0.4, -0.2) is 20.4 Å². The minimum atomic E-state index is -0.228. The van der Waals surface area contributed by atoms with E-state index in [2.05, 4.69) is 15.3 Å².